The van der Waals surface area contributed by atoms with Crippen molar-refractivity contribution in [3.8, 4) is 0 Å². The molecule has 2 unspecified atom stereocenters. The third kappa shape index (κ3) is 4.04. The minimum absolute atomic E-state index is 0.101. The van der Waals surface area contributed by atoms with Crippen LogP contribution >= 0.6 is 12.2 Å². The fraction of sp³-hybridized carbons (Fsp3) is 0.412. The summed E-state index contributed by atoms with van der Waals surface area (Å²) in [5.74, 6) is 0.315. The van der Waals surface area contributed by atoms with Gasteiger partial charge in [-0.2, -0.15) is 0 Å². The normalized spacial score (nSPS) is 24.8. The first-order chi connectivity index (χ1) is 13.2. The third-order valence-electron chi connectivity index (χ3n) is 4.51. The lowest BCUT2D eigenvalue weighted by molar-refractivity contribution is 0.393. The van der Waals surface area contributed by atoms with Crippen LogP contribution in [0.15, 0.2) is 33.2 Å². The van der Waals surface area contributed by atoms with Gasteiger partial charge in [-0.3, -0.25) is 9.30 Å². The number of thiocarbonyl (C=S) groups is 1. The molecule has 150 valence electrons. The summed E-state index contributed by atoms with van der Waals surface area (Å²) in [6.45, 7) is 2.35. The van der Waals surface area contributed by atoms with E-state index >= 15 is 0 Å². The lowest BCUT2D eigenvalue weighted by atomic mass is 9.93. The van der Waals surface area contributed by atoms with Crippen LogP contribution < -0.4 is 11.1 Å². The van der Waals surface area contributed by atoms with Crippen molar-refractivity contribution in [2.24, 2.45) is 20.7 Å². The molecule has 0 spiro atoms. The number of aliphatic imine (C=N–C) groups is 3. The molecule has 0 aliphatic carbocycles. The maximum Gasteiger partial charge on any atom is 0.205 e. The lowest BCUT2D eigenvalue weighted by Gasteiger charge is -2.34. The van der Waals surface area contributed by atoms with E-state index in [0.717, 1.165) is 0 Å². The highest BCUT2D eigenvalue weighted by molar-refractivity contribution is 7.83. The van der Waals surface area contributed by atoms with E-state index in [1.807, 2.05) is 0 Å². The van der Waals surface area contributed by atoms with Gasteiger partial charge in [0.2, 0.25) is 11.9 Å². The van der Waals surface area contributed by atoms with Crippen molar-refractivity contribution in [3.05, 3.63) is 29.6 Å². The van der Waals surface area contributed by atoms with Crippen molar-refractivity contribution in [1.82, 2.24) is 4.31 Å². The summed E-state index contributed by atoms with van der Waals surface area (Å²) in [6, 6.07) is 4.50. The predicted octanol–water partition coefficient (Wildman–Crippen LogP) is 1.20. The van der Waals surface area contributed by atoms with Gasteiger partial charge in [-0.1, -0.05) is 12.2 Å². The van der Waals surface area contributed by atoms with Crippen LogP contribution in [-0.2, 0) is 21.3 Å². The summed E-state index contributed by atoms with van der Waals surface area (Å²) < 4.78 is 33.3. The first-order valence-corrected chi connectivity index (χ1v) is 10.1. The number of nitrogens with zero attached hydrogens (tertiary/aromatic N) is 4. The predicted molar refractivity (Wildman–Crippen MR) is 114 cm³/mol. The number of guanidine groups is 1. The number of nitrogens with two attached hydrogens (primary N) is 1. The molecule has 0 radical (unpaired) electrons. The lowest BCUT2D eigenvalue weighted by Crippen LogP contribution is -2.47. The maximum absolute atomic E-state index is 14.6. The fourth-order valence-corrected chi connectivity index (χ4v) is 4.24. The van der Waals surface area contributed by atoms with E-state index in [0.29, 0.717) is 35.4 Å². The minimum Gasteiger partial charge on any atom is -0.483 e. The molecule has 2 atom stereocenters. The van der Waals surface area contributed by atoms with Gasteiger partial charge in [-0.25, -0.2) is 18.6 Å². The molecule has 2 aliphatic heterocycles. The van der Waals surface area contributed by atoms with Crippen molar-refractivity contribution >= 4 is 51.4 Å². The molecule has 2 heterocycles. The van der Waals surface area contributed by atoms with E-state index in [2.05, 4.69) is 20.3 Å². The van der Waals surface area contributed by atoms with Crippen LogP contribution in [-0.4, -0.2) is 64.1 Å². The highest BCUT2D eigenvalue weighted by Gasteiger charge is 2.37. The molecular weight excluding hydrogens is 403 g/mol. The molecule has 8 nitrogen and oxygen atoms in total. The summed E-state index contributed by atoms with van der Waals surface area (Å²) in [5, 5.41) is 3.06. The summed E-state index contributed by atoms with van der Waals surface area (Å²) in [4.78, 5) is 13.4. The molecule has 0 aromatic heterocycles. The summed E-state index contributed by atoms with van der Waals surface area (Å²) >= 11 is 5.40. The largest absolute Gasteiger partial charge is 0.483 e. The smallest absolute Gasteiger partial charge is 0.205 e. The summed E-state index contributed by atoms with van der Waals surface area (Å²) in [6.07, 6.45) is 0. The van der Waals surface area contributed by atoms with E-state index in [4.69, 9.17) is 22.7 Å². The van der Waals surface area contributed by atoms with Crippen LogP contribution in [0.4, 0.5) is 10.1 Å². The molecule has 1 aromatic rings. The van der Waals surface area contributed by atoms with Crippen molar-refractivity contribution in [1.29, 1.82) is 0 Å². The molecule has 11 heteroatoms. The third-order valence-corrected chi connectivity index (χ3v) is 6.45. The number of rotatable bonds is 3. The van der Waals surface area contributed by atoms with Crippen LogP contribution in [0.25, 0.3) is 0 Å². The number of halogens is 1. The molecule has 0 amide bonds. The average Bonchev–Trinajstić information content (AvgIpc) is 2.67. The maximum atomic E-state index is 14.6. The van der Waals surface area contributed by atoms with Gasteiger partial charge in [0.05, 0.1) is 25.1 Å². The molecule has 1 aromatic carbocycles. The number of nitrogens with one attached hydrogen (secondary N) is 1. The number of benzene rings is 1. The van der Waals surface area contributed by atoms with E-state index in [9.17, 15) is 8.60 Å². The Morgan fingerprint density at radius 2 is 2.18 bits per heavy atom. The van der Waals surface area contributed by atoms with Crippen LogP contribution in [0, 0.1) is 5.82 Å². The van der Waals surface area contributed by atoms with Gasteiger partial charge in [0, 0.05) is 18.3 Å². The van der Waals surface area contributed by atoms with Crippen LogP contribution in [0.5, 0.6) is 0 Å². The van der Waals surface area contributed by atoms with Crippen molar-refractivity contribution in [2.45, 2.75) is 12.5 Å². The van der Waals surface area contributed by atoms with Crippen molar-refractivity contribution in [2.75, 3.05) is 38.3 Å². The topological polar surface area (TPSA) is 105 Å². The zero-order chi connectivity index (χ0) is 20.5. The monoisotopic (exact) mass is 424 g/mol. The molecule has 0 saturated heterocycles. The highest BCUT2D eigenvalue weighted by Crippen LogP contribution is 2.33. The van der Waals surface area contributed by atoms with Crippen LogP contribution in [0.3, 0.4) is 0 Å². The van der Waals surface area contributed by atoms with Crippen molar-refractivity contribution < 1.29 is 13.3 Å². The quantitative estimate of drug-likeness (QED) is 0.710. The molecule has 3 rings (SSSR count). The van der Waals surface area contributed by atoms with Gasteiger partial charge in [0.25, 0.3) is 0 Å². The second kappa shape index (κ2) is 7.92. The fourth-order valence-electron chi connectivity index (χ4n) is 2.85. The first-order valence-electron chi connectivity index (χ1n) is 8.43. The summed E-state index contributed by atoms with van der Waals surface area (Å²) in [7, 11) is 1.73. The van der Waals surface area contributed by atoms with Gasteiger partial charge in [-0.05, 0) is 25.1 Å². The van der Waals surface area contributed by atoms with Gasteiger partial charge in [0.15, 0.2) is 0 Å². The van der Waals surface area contributed by atoms with Gasteiger partial charge >= 0.3 is 0 Å². The van der Waals surface area contributed by atoms with E-state index in [-0.39, 0.29) is 17.3 Å². The number of ether oxygens (including phenoxy) is 1. The van der Waals surface area contributed by atoms with E-state index in [1.165, 1.54) is 10.4 Å². The number of hydrogen-bond acceptors (Lipinski definition) is 7. The molecule has 0 bridgehead atoms. The Hall–Kier alpha value is -2.40. The number of hydrogen-bond donors (Lipinski definition) is 2. The SMILES string of the molecule is COC1=NCC(C(=S)Nc2ccc(F)c(C3(C)CS(=O)N(C)C(N)=N3)c2)=NC1. The van der Waals surface area contributed by atoms with Crippen molar-refractivity contribution in [3.63, 3.8) is 0 Å². The molecule has 28 heavy (non-hydrogen) atoms. The Morgan fingerprint density at radius 3 is 2.79 bits per heavy atom. The molecule has 0 fully saturated rings. The van der Waals surface area contributed by atoms with E-state index in [1.54, 1.807) is 33.2 Å². The Labute approximate surface area is 170 Å². The van der Waals surface area contributed by atoms with Crippen LogP contribution in [0.2, 0.25) is 0 Å². The average molecular weight is 425 g/mol. The Kier molecular flexibility index (Phi) is 5.75. The standard InChI is InChI=1S/C17H21FN6O2S2/c1-17(9-28(25)24(2)16(19)23-17)11-6-10(4-5-12(11)18)22-15(27)13-7-21-14(26-3)8-20-13/h4-6H,7-9H2,1-3H3,(H2,19,23)(H,22,27). The Balaban J connectivity index is 1.84. The summed E-state index contributed by atoms with van der Waals surface area (Å²) in [5.41, 5.74) is 6.29. The van der Waals surface area contributed by atoms with Gasteiger partial charge in [-0.15, -0.1) is 0 Å². The molecule has 3 N–H and O–H groups in total. The van der Waals surface area contributed by atoms with Gasteiger partial charge in [0.1, 0.15) is 33.9 Å². The minimum atomic E-state index is -1.40. The molecule has 0 saturated carbocycles. The second-order valence-corrected chi connectivity index (χ2v) is 8.42. The highest BCUT2D eigenvalue weighted by atomic mass is 32.2. The Morgan fingerprint density at radius 1 is 1.43 bits per heavy atom. The number of anilines is 1. The van der Waals surface area contributed by atoms with Crippen LogP contribution in [0.1, 0.15) is 12.5 Å². The number of methoxy groups -OCH3 is 1. The zero-order valence-electron chi connectivity index (χ0n) is 15.7. The Bertz CT molecular complexity index is 932. The molecular formula is C17H21FN6O2S2. The van der Waals surface area contributed by atoms with Gasteiger partial charge < -0.3 is 15.8 Å². The second-order valence-electron chi connectivity index (χ2n) is 6.53. The molecule has 2 aliphatic rings. The van der Waals surface area contributed by atoms with E-state index < -0.39 is 22.3 Å². The first kappa shape index (κ1) is 20.3. The zero-order valence-corrected chi connectivity index (χ0v) is 17.4.